The van der Waals surface area contributed by atoms with Gasteiger partial charge in [-0.1, -0.05) is 6.92 Å². The van der Waals surface area contributed by atoms with Crippen molar-refractivity contribution >= 4 is 0 Å². The van der Waals surface area contributed by atoms with Crippen LogP contribution in [0, 0.1) is 17.2 Å². The van der Waals surface area contributed by atoms with E-state index < -0.39 is 24.3 Å². The van der Waals surface area contributed by atoms with E-state index in [2.05, 4.69) is 0 Å². The van der Waals surface area contributed by atoms with Crippen molar-refractivity contribution in [2.24, 2.45) is 5.92 Å². The van der Waals surface area contributed by atoms with Crippen molar-refractivity contribution in [1.82, 2.24) is 0 Å². The Labute approximate surface area is 88.5 Å². The molecule has 0 bridgehead atoms. The number of fused-ring (bicyclic) bond motifs is 1. The quantitative estimate of drug-likeness (QED) is 0.638. The van der Waals surface area contributed by atoms with Crippen molar-refractivity contribution in [3.63, 3.8) is 0 Å². The third kappa shape index (κ3) is 1.74. The highest BCUT2D eigenvalue weighted by atomic mass is 16.8. The van der Waals surface area contributed by atoms with Gasteiger partial charge < -0.3 is 19.3 Å². The van der Waals surface area contributed by atoms with Gasteiger partial charge >= 0.3 is 0 Å². The van der Waals surface area contributed by atoms with E-state index in [1.54, 1.807) is 6.07 Å². The third-order valence-electron chi connectivity index (χ3n) is 2.86. The molecular formula is C10H15NO4. The number of rotatable bonds is 1. The van der Waals surface area contributed by atoms with E-state index >= 15 is 0 Å². The molecule has 0 aromatic carbocycles. The first kappa shape index (κ1) is 10.8. The van der Waals surface area contributed by atoms with Crippen molar-refractivity contribution in [2.45, 2.75) is 51.2 Å². The minimum absolute atomic E-state index is 0.0496. The number of aliphatic hydroxyl groups is 1. The Morgan fingerprint density at radius 2 is 2.07 bits per heavy atom. The number of ether oxygens (including phenoxy) is 3. The fraction of sp³-hybridized carbons (Fsp3) is 0.900. The Balaban J connectivity index is 2.09. The summed E-state index contributed by atoms with van der Waals surface area (Å²) in [6.45, 7) is 5.52. The van der Waals surface area contributed by atoms with Crippen molar-refractivity contribution in [1.29, 1.82) is 5.26 Å². The Kier molecular flexibility index (Phi) is 2.47. The maximum Gasteiger partial charge on any atom is 0.188 e. The largest absolute Gasteiger partial charge is 0.375 e. The van der Waals surface area contributed by atoms with Crippen LogP contribution in [0.4, 0.5) is 0 Å². The molecule has 0 aromatic heterocycles. The second-order valence-electron chi connectivity index (χ2n) is 4.50. The molecule has 84 valence electrons. The van der Waals surface area contributed by atoms with Gasteiger partial charge in [-0.2, -0.15) is 5.26 Å². The predicted octanol–water partition coefficient (Wildman–Crippen LogP) is 0.383. The summed E-state index contributed by atoms with van der Waals surface area (Å²) in [5.74, 6) is -0.696. The molecule has 15 heavy (non-hydrogen) atoms. The fourth-order valence-electron chi connectivity index (χ4n) is 2.12. The van der Waals surface area contributed by atoms with E-state index in [0.717, 1.165) is 0 Å². The summed E-state index contributed by atoms with van der Waals surface area (Å²) < 4.78 is 16.6. The first-order chi connectivity index (χ1) is 6.94. The molecule has 0 spiro atoms. The molecule has 1 N–H and O–H groups in total. The molecule has 0 amide bonds. The van der Waals surface area contributed by atoms with Crippen LogP contribution in [0.15, 0.2) is 0 Å². The Bertz CT molecular complexity index is 298. The van der Waals surface area contributed by atoms with Crippen LogP contribution < -0.4 is 0 Å². The molecule has 2 heterocycles. The van der Waals surface area contributed by atoms with E-state index in [-0.39, 0.29) is 12.0 Å². The summed E-state index contributed by atoms with van der Waals surface area (Å²) in [5, 5.41) is 18.0. The van der Waals surface area contributed by atoms with Gasteiger partial charge in [-0.3, -0.25) is 0 Å². The van der Waals surface area contributed by atoms with Gasteiger partial charge in [-0.15, -0.1) is 0 Å². The number of hydrogen-bond donors (Lipinski definition) is 1. The van der Waals surface area contributed by atoms with Crippen LogP contribution in [0.5, 0.6) is 0 Å². The second-order valence-corrected chi connectivity index (χ2v) is 4.50. The molecule has 0 aromatic rings. The molecule has 2 aliphatic rings. The highest BCUT2D eigenvalue weighted by molar-refractivity contribution is 4.99. The average Bonchev–Trinajstić information content (AvgIpc) is 2.60. The molecule has 5 nitrogen and oxygen atoms in total. The van der Waals surface area contributed by atoms with E-state index in [1.165, 1.54) is 0 Å². The third-order valence-corrected chi connectivity index (χ3v) is 2.86. The first-order valence-corrected chi connectivity index (χ1v) is 5.03. The van der Waals surface area contributed by atoms with Crippen molar-refractivity contribution in [3.8, 4) is 6.07 Å². The Morgan fingerprint density at radius 3 is 2.60 bits per heavy atom. The van der Waals surface area contributed by atoms with Crippen LogP contribution in [0.25, 0.3) is 0 Å². The zero-order valence-corrected chi connectivity index (χ0v) is 9.01. The lowest BCUT2D eigenvalue weighted by Gasteiger charge is -2.23. The minimum atomic E-state index is -1.12. The maximum absolute atomic E-state index is 9.42. The van der Waals surface area contributed by atoms with Crippen molar-refractivity contribution < 1.29 is 19.3 Å². The molecule has 0 radical (unpaired) electrons. The van der Waals surface area contributed by atoms with Crippen molar-refractivity contribution in [3.05, 3.63) is 0 Å². The van der Waals surface area contributed by atoms with Crippen LogP contribution in [0.3, 0.4) is 0 Å². The van der Waals surface area contributed by atoms with E-state index in [1.807, 2.05) is 20.8 Å². The zero-order valence-electron chi connectivity index (χ0n) is 9.01. The molecule has 5 atom stereocenters. The fourth-order valence-corrected chi connectivity index (χ4v) is 2.12. The lowest BCUT2D eigenvalue weighted by atomic mass is 9.97. The number of aliphatic hydroxyl groups excluding tert-OH is 1. The summed E-state index contributed by atoms with van der Waals surface area (Å²) >= 11 is 0. The second kappa shape index (κ2) is 3.42. The highest BCUT2D eigenvalue weighted by Gasteiger charge is 2.54. The van der Waals surface area contributed by atoms with E-state index in [4.69, 9.17) is 19.5 Å². The van der Waals surface area contributed by atoms with E-state index in [0.29, 0.717) is 0 Å². The topological polar surface area (TPSA) is 71.7 Å². The van der Waals surface area contributed by atoms with Crippen LogP contribution in [-0.4, -0.2) is 35.5 Å². The SMILES string of the molecule is CC1[C@@H]2OC(C)(C)O[C@H]2O[C@@H]1[C@@H](O)C#N. The van der Waals surface area contributed by atoms with Gasteiger partial charge in [-0.05, 0) is 13.8 Å². The van der Waals surface area contributed by atoms with Crippen LogP contribution in [0.2, 0.25) is 0 Å². The molecule has 1 unspecified atom stereocenters. The van der Waals surface area contributed by atoms with Crippen molar-refractivity contribution in [2.75, 3.05) is 0 Å². The summed E-state index contributed by atoms with van der Waals surface area (Å²) in [6.07, 6.45) is -2.32. The van der Waals surface area contributed by atoms with Gasteiger partial charge in [0.05, 0.1) is 6.07 Å². The molecule has 2 fully saturated rings. The molecule has 5 heteroatoms. The lowest BCUT2D eigenvalue weighted by Crippen LogP contribution is -2.34. The Morgan fingerprint density at radius 1 is 1.40 bits per heavy atom. The summed E-state index contributed by atoms with van der Waals surface area (Å²) in [6, 6.07) is 1.77. The summed E-state index contributed by atoms with van der Waals surface area (Å²) in [7, 11) is 0. The average molecular weight is 213 g/mol. The van der Waals surface area contributed by atoms with Crippen LogP contribution >= 0.6 is 0 Å². The first-order valence-electron chi connectivity index (χ1n) is 5.03. The number of nitriles is 1. The van der Waals surface area contributed by atoms with Gasteiger partial charge in [0.15, 0.2) is 18.2 Å². The van der Waals surface area contributed by atoms with Crippen LogP contribution in [0.1, 0.15) is 20.8 Å². The minimum Gasteiger partial charge on any atom is -0.375 e. The molecule has 2 saturated heterocycles. The molecule has 0 saturated carbocycles. The maximum atomic E-state index is 9.42. The smallest absolute Gasteiger partial charge is 0.188 e. The van der Waals surface area contributed by atoms with Gasteiger partial charge in [-0.25, -0.2) is 0 Å². The molecule has 2 rings (SSSR count). The zero-order chi connectivity index (χ0) is 11.2. The standard InChI is InChI=1S/C10H15NO4/c1-5-7(6(12)4-11)13-9-8(5)14-10(2,3)15-9/h5-9,12H,1-3H3/t5?,6-,7-,8-,9+/m0/s1. The van der Waals surface area contributed by atoms with Gasteiger partial charge in [0, 0.05) is 5.92 Å². The predicted molar refractivity (Wildman–Crippen MR) is 49.5 cm³/mol. The Hall–Kier alpha value is -0.670. The monoisotopic (exact) mass is 213 g/mol. The van der Waals surface area contributed by atoms with Crippen LogP contribution in [-0.2, 0) is 14.2 Å². The molecule has 2 aliphatic heterocycles. The van der Waals surface area contributed by atoms with Gasteiger partial charge in [0.1, 0.15) is 12.2 Å². The normalized spacial score (nSPS) is 44.7. The lowest BCUT2D eigenvalue weighted by molar-refractivity contribution is -0.216. The molecular weight excluding hydrogens is 198 g/mol. The summed E-state index contributed by atoms with van der Waals surface area (Å²) in [5.41, 5.74) is 0. The number of hydrogen-bond acceptors (Lipinski definition) is 5. The number of nitrogens with zero attached hydrogens (tertiary/aromatic N) is 1. The summed E-state index contributed by atoms with van der Waals surface area (Å²) in [4.78, 5) is 0. The van der Waals surface area contributed by atoms with E-state index in [9.17, 15) is 5.11 Å². The van der Waals surface area contributed by atoms with Gasteiger partial charge in [0.2, 0.25) is 0 Å². The molecule has 0 aliphatic carbocycles. The highest BCUT2D eigenvalue weighted by Crippen LogP contribution is 2.41. The van der Waals surface area contributed by atoms with Gasteiger partial charge in [0.25, 0.3) is 0 Å².